The van der Waals surface area contributed by atoms with Crippen molar-refractivity contribution >= 4 is 21.6 Å². The summed E-state index contributed by atoms with van der Waals surface area (Å²) < 4.78 is 42.2. The summed E-state index contributed by atoms with van der Waals surface area (Å²) in [6.07, 6.45) is 3.34. The van der Waals surface area contributed by atoms with E-state index in [2.05, 4.69) is 5.32 Å². The zero-order chi connectivity index (χ0) is 21.2. The van der Waals surface area contributed by atoms with E-state index < -0.39 is 21.7 Å². The standard InChI is InChI=1S/C22H27FN2O3S/c1-4-17-9-5-6-13-25(17)29(27,28)18-11-12-20(23)19(14-18)22(26)24-21-10-7-8-15(2)16(21)3/h7-8,10-12,14,17H,4-6,9,13H2,1-3H3,(H,24,26)/t17-/m0/s1. The van der Waals surface area contributed by atoms with Crippen LogP contribution in [0.4, 0.5) is 10.1 Å². The van der Waals surface area contributed by atoms with E-state index in [4.69, 9.17) is 0 Å². The average molecular weight is 419 g/mol. The highest BCUT2D eigenvalue weighted by molar-refractivity contribution is 7.89. The number of benzene rings is 2. The molecule has 2 aromatic rings. The Morgan fingerprint density at radius 3 is 2.69 bits per heavy atom. The first-order valence-corrected chi connectivity index (χ1v) is 11.4. The molecule has 1 aliphatic heterocycles. The monoisotopic (exact) mass is 418 g/mol. The highest BCUT2D eigenvalue weighted by atomic mass is 32.2. The highest BCUT2D eigenvalue weighted by Crippen LogP contribution is 2.28. The van der Waals surface area contributed by atoms with Crippen molar-refractivity contribution in [1.29, 1.82) is 0 Å². The molecule has 0 spiro atoms. The van der Waals surface area contributed by atoms with Crippen LogP contribution >= 0.6 is 0 Å². The first-order valence-electron chi connectivity index (χ1n) is 9.94. The molecule has 0 aliphatic carbocycles. The van der Waals surface area contributed by atoms with Gasteiger partial charge in [0, 0.05) is 18.3 Å². The lowest BCUT2D eigenvalue weighted by molar-refractivity contribution is 0.102. The first kappa shape index (κ1) is 21.5. The van der Waals surface area contributed by atoms with E-state index >= 15 is 0 Å². The molecule has 1 fully saturated rings. The number of piperidine rings is 1. The smallest absolute Gasteiger partial charge is 0.258 e. The molecule has 2 aromatic carbocycles. The lowest BCUT2D eigenvalue weighted by atomic mass is 10.0. The molecule has 0 saturated carbocycles. The molecule has 0 aromatic heterocycles. The summed E-state index contributed by atoms with van der Waals surface area (Å²) in [7, 11) is -3.80. The Hall–Kier alpha value is -2.25. The SMILES string of the molecule is CC[C@H]1CCCCN1S(=O)(=O)c1ccc(F)c(C(=O)Nc2cccc(C)c2C)c1. The molecule has 7 heteroatoms. The molecule has 1 N–H and O–H groups in total. The fraction of sp³-hybridized carbons (Fsp3) is 0.409. The van der Waals surface area contributed by atoms with E-state index in [1.54, 1.807) is 12.1 Å². The Labute approximate surface area is 172 Å². The zero-order valence-corrected chi connectivity index (χ0v) is 17.9. The van der Waals surface area contributed by atoms with E-state index in [0.29, 0.717) is 12.2 Å². The highest BCUT2D eigenvalue weighted by Gasteiger charge is 2.33. The summed E-state index contributed by atoms with van der Waals surface area (Å²) in [6.45, 7) is 6.19. The molecular weight excluding hydrogens is 391 g/mol. The molecule has 156 valence electrons. The third-order valence-corrected chi connectivity index (χ3v) is 7.63. The largest absolute Gasteiger partial charge is 0.322 e. The van der Waals surface area contributed by atoms with Crippen LogP contribution in [-0.4, -0.2) is 31.2 Å². The quantitative estimate of drug-likeness (QED) is 0.769. The van der Waals surface area contributed by atoms with Gasteiger partial charge in [0.05, 0.1) is 10.5 Å². The Morgan fingerprint density at radius 1 is 1.21 bits per heavy atom. The molecule has 1 heterocycles. The second-order valence-corrected chi connectivity index (χ2v) is 9.41. The van der Waals surface area contributed by atoms with Crippen molar-refractivity contribution in [3.05, 3.63) is 58.9 Å². The number of sulfonamides is 1. The van der Waals surface area contributed by atoms with Gasteiger partial charge in [-0.1, -0.05) is 25.5 Å². The van der Waals surface area contributed by atoms with Gasteiger partial charge >= 0.3 is 0 Å². The summed E-state index contributed by atoms with van der Waals surface area (Å²) >= 11 is 0. The van der Waals surface area contributed by atoms with Crippen molar-refractivity contribution in [2.75, 3.05) is 11.9 Å². The summed E-state index contributed by atoms with van der Waals surface area (Å²) in [4.78, 5) is 12.7. The van der Waals surface area contributed by atoms with Crippen molar-refractivity contribution in [1.82, 2.24) is 4.31 Å². The molecule has 0 radical (unpaired) electrons. The van der Waals surface area contributed by atoms with Gasteiger partial charge in [0.2, 0.25) is 10.0 Å². The Bertz CT molecular complexity index is 1020. The fourth-order valence-electron chi connectivity index (χ4n) is 3.75. The third kappa shape index (κ3) is 4.36. The van der Waals surface area contributed by atoms with Gasteiger partial charge in [-0.2, -0.15) is 4.31 Å². The summed E-state index contributed by atoms with van der Waals surface area (Å²) in [6, 6.07) is 8.82. The maximum atomic E-state index is 14.4. The van der Waals surface area contributed by atoms with Gasteiger partial charge in [0.1, 0.15) is 5.82 Å². The molecule has 1 aliphatic rings. The molecule has 1 amide bonds. The van der Waals surface area contributed by atoms with Gasteiger partial charge in [0.25, 0.3) is 5.91 Å². The Morgan fingerprint density at radius 2 is 1.97 bits per heavy atom. The molecule has 3 rings (SSSR count). The molecule has 0 unspecified atom stereocenters. The number of aryl methyl sites for hydroxylation is 1. The van der Waals surface area contributed by atoms with Crippen LogP contribution in [0.3, 0.4) is 0 Å². The van der Waals surface area contributed by atoms with Crippen LogP contribution in [0.25, 0.3) is 0 Å². The molecule has 5 nitrogen and oxygen atoms in total. The van der Waals surface area contributed by atoms with Gasteiger partial charge in [-0.3, -0.25) is 4.79 Å². The summed E-state index contributed by atoms with van der Waals surface area (Å²) in [5.74, 6) is -1.42. The third-order valence-electron chi connectivity index (χ3n) is 5.69. The number of halogens is 1. The van der Waals surface area contributed by atoms with Crippen molar-refractivity contribution in [2.24, 2.45) is 0 Å². The maximum Gasteiger partial charge on any atom is 0.258 e. The van der Waals surface area contributed by atoms with E-state index in [0.717, 1.165) is 48.9 Å². The second-order valence-electron chi connectivity index (χ2n) is 7.52. The number of nitrogens with one attached hydrogen (secondary N) is 1. The number of anilines is 1. The number of carbonyl (C=O) groups excluding carboxylic acids is 1. The van der Waals surface area contributed by atoms with Crippen LogP contribution in [0, 0.1) is 19.7 Å². The minimum atomic E-state index is -3.80. The number of rotatable bonds is 5. The number of amides is 1. The average Bonchev–Trinajstić information content (AvgIpc) is 2.71. The van der Waals surface area contributed by atoms with Crippen LogP contribution in [0.15, 0.2) is 41.3 Å². The normalized spacial score (nSPS) is 17.9. The molecule has 1 saturated heterocycles. The Kier molecular flexibility index (Phi) is 6.39. The predicted molar refractivity (Wildman–Crippen MR) is 112 cm³/mol. The van der Waals surface area contributed by atoms with E-state index in [-0.39, 0.29) is 16.5 Å². The van der Waals surface area contributed by atoms with Crippen molar-refractivity contribution < 1.29 is 17.6 Å². The van der Waals surface area contributed by atoms with E-state index in [9.17, 15) is 17.6 Å². The minimum Gasteiger partial charge on any atom is -0.322 e. The molecule has 29 heavy (non-hydrogen) atoms. The predicted octanol–water partition coefficient (Wildman–Crippen LogP) is 4.65. The van der Waals surface area contributed by atoms with Gasteiger partial charge in [-0.15, -0.1) is 0 Å². The second kappa shape index (κ2) is 8.63. The fourth-order valence-corrected chi connectivity index (χ4v) is 5.54. The topological polar surface area (TPSA) is 66.5 Å². The lowest BCUT2D eigenvalue weighted by Gasteiger charge is -2.34. The summed E-state index contributed by atoms with van der Waals surface area (Å²) in [5, 5.41) is 2.70. The van der Waals surface area contributed by atoms with Crippen molar-refractivity contribution in [2.45, 2.75) is 57.4 Å². The molecule has 0 bridgehead atoms. The van der Waals surface area contributed by atoms with Crippen molar-refractivity contribution in [3.8, 4) is 0 Å². The minimum absolute atomic E-state index is 0.0506. The Balaban J connectivity index is 1.93. The van der Waals surface area contributed by atoms with Crippen LogP contribution in [0.1, 0.15) is 54.1 Å². The number of hydrogen-bond donors (Lipinski definition) is 1. The van der Waals surface area contributed by atoms with Gasteiger partial charge in [-0.25, -0.2) is 12.8 Å². The van der Waals surface area contributed by atoms with Crippen LogP contribution in [0.5, 0.6) is 0 Å². The van der Waals surface area contributed by atoms with Crippen LogP contribution in [0.2, 0.25) is 0 Å². The van der Waals surface area contributed by atoms with E-state index in [1.165, 1.54) is 10.4 Å². The number of carbonyl (C=O) groups is 1. The van der Waals surface area contributed by atoms with Crippen molar-refractivity contribution in [3.63, 3.8) is 0 Å². The van der Waals surface area contributed by atoms with Crippen LogP contribution in [-0.2, 0) is 10.0 Å². The first-order chi connectivity index (χ1) is 13.8. The number of nitrogens with zero attached hydrogens (tertiary/aromatic N) is 1. The van der Waals surface area contributed by atoms with Gasteiger partial charge < -0.3 is 5.32 Å². The van der Waals surface area contributed by atoms with E-state index in [1.807, 2.05) is 26.8 Å². The summed E-state index contributed by atoms with van der Waals surface area (Å²) in [5.41, 5.74) is 2.17. The maximum absolute atomic E-state index is 14.4. The lowest BCUT2D eigenvalue weighted by Crippen LogP contribution is -2.43. The van der Waals surface area contributed by atoms with Gasteiger partial charge in [0.15, 0.2) is 0 Å². The number of hydrogen-bond acceptors (Lipinski definition) is 3. The molecule has 1 atom stereocenters. The molecular formula is C22H27FN2O3S. The van der Waals surface area contributed by atoms with Gasteiger partial charge in [-0.05, 0) is 68.5 Å². The zero-order valence-electron chi connectivity index (χ0n) is 17.0. The van der Waals surface area contributed by atoms with Crippen LogP contribution < -0.4 is 5.32 Å².